The predicted molar refractivity (Wildman–Crippen MR) is 48.5 cm³/mol. The van der Waals surface area contributed by atoms with Crippen LogP contribution in [0.1, 0.15) is 10.4 Å². The van der Waals surface area contributed by atoms with Crippen LogP contribution in [0.25, 0.3) is 0 Å². The van der Waals surface area contributed by atoms with Crippen molar-refractivity contribution in [3.63, 3.8) is 0 Å². The van der Waals surface area contributed by atoms with Crippen LogP contribution in [0.3, 0.4) is 0 Å². The van der Waals surface area contributed by atoms with Crippen LogP contribution in [0, 0.1) is 11.6 Å². The Hall–Kier alpha value is -1.67. The number of carbonyl (C=O) groups excluding carboxylic acids is 1. The van der Waals surface area contributed by atoms with Gasteiger partial charge in [-0.2, -0.15) is 4.39 Å². The average molecular weight is 232 g/mol. The van der Waals surface area contributed by atoms with Crippen LogP contribution in [0.5, 0.6) is 5.75 Å². The number of rotatable bonds is 3. The van der Waals surface area contributed by atoms with Crippen LogP contribution in [0.4, 0.5) is 8.78 Å². The highest BCUT2D eigenvalue weighted by molar-refractivity contribution is 6.33. The molecule has 0 bridgehead atoms. The van der Waals surface area contributed by atoms with Gasteiger partial charge in [0.2, 0.25) is 0 Å². The summed E-state index contributed by atoms with van der Waals surface area (Å²) in [7, 11) is -1.26. The monoisotopic (exact) mass is 232 g/mol. The third-order valence-corrected chi connectivity index (χ3v) is 1.68. The van der Waals surface area contributed by atoms with Gasteiger partial charge in [-0.3, -0.25) is 0 Å². The molecular weight excluding hydrogens is 225 g/mol. The van der Waals surface area contributed by atoms with Crippen LogP contribution < -0.4 is 4.65 Å². The Kier molecular flexibility index (Phi) is 3.80. The smallest absolute Gasteiger partial charge is 0.509 e. The number of carbonyl (C=O) groups is 1. The van der Waals surface area contributed by atoms with Crippen LogP contribution in [-0.2, 0) is 4.74 Å². The maximum absolute atomic E-state index is 13.2. The molecule has 0 radical (unpaired) electrons. The van der Waals surface area contributed by atoms with E-state index in [1.54, 1.807) is 0 Å². The molecule has 5 nitrogen and oxygen atoms in total. The van der Waals surface area contributed by atoms with Crippen molar-refractivity contribution in [3.8, 4) is 5.75 Å². The molecule has 0 unspecified atom stereocenters. The number of methoxy groups -OCH3 is 1. The summed E-state index contributed by atoms with van der Waals surface area (Å²) < 4.78 is 34.8. The lowest BCUT2D eigenvalue weighted by molar-refractivity contribution is 0.0594. The van der Waals surface area contributed by atoms with Crippen LogP contribution >= 0.6 is 0 Å². The van der Waals surface area contributed by atoms with Gasteiger partial charge in [0.25, 0.3) is 0 Å². The van der Waals surface area contributed by atoms with E-state index in [1.165, 1.54) is 0 Å². The lowest BCUT2D eigenvalue weighted by Gasteiger charge is -2.08. The van der Waals surface area contributed by atoms with Crippen molar-refractivity contribution in [1.82, 2.24) is 0 Å². The number of hydrogen-bond donors (Lipinski definition) is 2. The number of benzene rings is 1. The predicted octanol–water partition coefficient (Wildman–Crippen LogP) is 0.0997. The minimum Gasteiger partial charge on any atom is -0.509 e. The Morgan fingerprint density at radius 1 is 1.31 bits per heavy atom. The number of esters is 1. The van der Waals surface area contributed by atoms with Crippen molar-refractivity contribution in [2.45, 2.75) is 0 Å². The van der Waals surface area contributed by atoms with Crippen molar-refractivity contribution in [2.75, 3.05) is 7.11 Å². The summed E-state index contributed by atoms with van der Waals surface area (Å²) >= 11 is 0. The largest absolute Gasteiger partial charge is 0.707 e. The number of hydrogen-bond acceptors (Lipinski definition) is 5. The zero-order chi connectivity index (χ0) is 12.3. The Morgan fingerprint density at radius 3 is 2.44 bits per heavy atom. The number of halogens is 2. The zero-order valence-corrected chi connectivity index (χ0v) is 8.11. The molecule has 0 amide bonds. The SMILES string of the molecule is COC(=O)c1ccc(OB(O)O)c(F)c1F. The first-order valence-electron chi connectivity index (χ1n) is 4.06. The Bertz CT molecular complexity index is 410. The molecule has 1 aromatic rings. The molecule has 0 fully saturated rings. The van der Waals surface area contributed by atoms with Crippen molar-refractivity contribution < 1.29 is 33.0 Å². The molecule has 8 heteroatoms. The maximum Gasteiger partial charge on any atom is 0.707 e. The number of ether oxygens (including phenoxy) is 1. The first-order chi connectivity index (χ1) is 7.47. The molecule has 0 spiro atoms. The fraction of sp³-hybridized carbons (Fsp3) is 0.125. The second kappa shape index (κ2) is 4.91. The van der Waals surface area contributed by atoms with Gasteiger partial charge in [0.1, 0.15) is 5.75 Å². The van der Waals surface area contributed by atoms with Crippen LogP contribution in [0.2, 0.25) is 0 Å². The van der Waals surface area contributed by atoms with E-state index >= 15 is 0 Å². The molecule has 0 heterocycles. The van der Waals surface area contributed by atoms with Crippen molar-refractivity contribution in [2.24, 2.45) is 0 Å². The van der Waals surface area contributed by atoms with Gasteiger partial charge in [0, 0.05) is 0 Å². The summed E-state index contributed by atoms with van der Waals surface area (Å²) in [5.74, 6) is -4.76. The van der Waals surface area contributed by atoms with Gasteiger partial charge in [-0.15, -0.1) is 0 Å². The molecule has 0 aliphatic heterocycles. The van der Waals surface area contributed by atoms with E-state index in [4.69, 9.17) is 10.0 Å². The third-order valence-electron chi connectivity index (χ3n) is 1.68. The minimum atomic E-state index is -2.28. The highest BCUT2D eigenvalue weighted by Crippen LogP contribution is 2.23. The molecule has 86 valence electrons. The fourth-order valence-corrected chi connectivity index (χ4v) is 1.00. The van der Waals surface area contributed by atoms with Gasteiger partial charge in [-0.25, -0.2) is 9.18 Å². The normalized spacial score (nSPS) is 9.81. The van der Waals surface area contributed by atoms with E-state index in [-0.39, 0.29) is 0 Å². The van der Waals surface area contributed by atoms with E-state index in [2.05, 4.69) is 9.39 Å². The summed E-state index contributed by atoms with van der Waals surface area (Å²) in [6.07, 6.45) is 0. The lowest BCUT2D eigenvalue weighted by atomic mass is 10.1. The molecule has 16 heavy (non-hydrogen) atoms. The molecule has 0 saturated heterocycles. The van der Waals surface area contributed by atoms with Crippen LogP contribution in [-0.4, -0.2) is 30.4 Å². The summed E-state index contributed by atoms with van der Waals surface area (Å²) in [5, 5.41) is 16.8. The molecule has 1 rings (SSSR count). The van der Waals surface area contributed by atoms with Gasteiger partial charge in [0.05, 0.1) is 12.7 Å². The van der Waals surface area contributed by atoms with E-state index < -0.39 is 36.2 Å². The first kappa shape index (κ1) is 12.4. The van der Waals surface area contributed by atoms with Gasteiger partial charge in [-0.1, -0.05) is 0 Å². The van der Waals surface area contributed by atoms with Gasteiger partial charge in [-0.05, 0) is 12.1 Å². The second-order valence-corrected chi connectivity index (χ2v) is 2.67. The van der Waals surface area contributed by atoms with Crippen LogP contribution in [0.15, 0.2) is 12.1 Å². The summed E-state index contributed by atoms with van der Waals surface area (Å²) in [6.45, 7) is 0. The summed E-state index contributed by atoms with van der Waals surface area (Å²) in [6, 6.07) is 1.78. The fourth-order valence-electron chi connectivity index (χ4n) is 1.00. The van der Waals surface area contributed by atoms with Gasteiger partial charge >= 0.3 is 13.3 Å². The van der Waals surface area contributed by atoms with E-state index in [0.29, 0.717) is 0 Å². The molecule has 0 atom stereocenters. The van der Waals surface area contributed by atoms with Crippen molar-refractivity contribution in [1.29, 1.82) is 0 Å². The van der Waals surface area contributed by atoms with Gasteiger partial charge in [0.15, 0.2) is 11.6 Å². The molecule has 2 N–H and O–H groups in total. The van der Waals surface area contributed by atoms with E-state index in [9.17, 15) is 13.6 Å². The maximum atomic E-state index is 13.2. The van der Waals surface area contributed by atoms with E-state index in [1.807, 2.05) is 0 Å². The topological polar surface area (TPSA) is 76.0 Å². The van der Waals surface area contributed by atoms with E-state index in [0.717, 1.165) is 19.2 Å². The molecule has 0 aromatic heterocycles. The lowest BCUT2D eigenvalue weighted by Crippen LogP contribution is -2.21. The Balaban J connectivity index is 3.13. The highest BCUT2D eigenvalue weighted by Gasteiger charge is 2.22. The standard InChI is InChI=1S/C8H7BF2O5/c1-15-8(12)4-2-3-5(16-9(13)14)7(11)6(4)10/h2-3,13-14H,1H3. The Morgan fingerprint density at radius 2 is 1.94 bits per heavy atom. The molecule has 0 saturated carbocycles. The quantitative estimate of drug-likeness (QED) is 0.570. The zero-order valence-electron chi connectivity index (χ0n) is 8.11. The molecule has 0 aliphatic rings. The second-order valence-electron chi connectivity index (χ2n) is 2.67. The minimum absolute atomic E-state index is 0.611. The third kappa shape index (κ3) is 2.47. The molecule has 1 aromatic carbocycles. The van der Waals surface area contributed by atoms with Crippen molar-refractivity contribution >= 4 is 13.3 Å². The average Bonchev–Trinajstić information content (AvgIpc) is 2.23. The summed E-state index contributed by atoms with van der Waals surface area (Å²) in [5.41, 5.74) is -0.611. The highest BCUT2D eigenvalue weighted by atomic mass is 19.2. The van der Waals surface area contributed by atoms with Gasteiger partial charge < -0.3 is 19.4 Å². The summed E-state index contributed by atoms with van der Waals surface area (Å²) in [4.78, 5) is 11.0. The molecular formula is C8H7BF2O5. The first-order valence-corrected chi connectivity index (χ1v) is 4.06. The van der Waals surface area contributed by atoms with Crippen molar-refractivity contribution in [3.05, 3.63) is 29.3 Å². The molecule has 0 aliphatic carbocycles. The Labute approximate surface area is 89.4 Å².